The van der Waals surface area contributed by atoms with Crippen LogP contribution in [-0.2, 0) is 6.42 Å². The Morgan fingerprint density at radius 2 is 2.00 bits per heavy atom. The number of carbonyl (C=O) groups is 1. The standard InChI is InChI=1S/C15H24N2OS/c1-5-17(6-2)15(18)13-12-10(4)9(3)7-8-11(12)19-14(13)16/h9-10H,5-8,16H2,1-4H3. The van der Waals surface area contributed by atoms with Crippen molar-refractivity contribution in [2.45, 2.75) is 46.5 Å². The second-order valence-corrected chi connectivity index (χ2v) is 6.60. The van der Waals surface area contributed by atoms with Crippen LogP contribution in [0.3, 0.4) is 0 Å². The Kier molecular flexibility index (Phi) is 4.19. The molecule has 0 saturated heterocycles. The van der Waals surface area contributed by atoms with Crippen LogP contribution in [0.25, 0.3) is 0 Å². The van der Waals surface area contributed by atoms with Crippen molar-refractivity contribution >= 4 is 22.2 Å². The summed E-state index contributed by atoms with van der Waals surface area (Å²) >= 11 is 1.62. The fourth-order valence-electron chi connectivity index (χ4n) is 2.96. The number of amides is 1. The number of nitrogens with two attached hydrogens (primary N) is 1. The van der Waals surface area contributed by atoms with E-state index < -0.39 is 0 Å². The number of hydrogen-bond donors (Lipinski definition) is 1. The van der Waals surface area contributed by atoms with Crippen LogP contribution in [0.4, 0.5) is 5.00 Å². The van der Waals surface area contributed by atoms with E-state index in [1.807, 2.05) is 18.7 Å². The van der Waals surface area contributed by atoms with E-state index in [1.165, 1.54) is 16.9 Å². The molecule has 2 rings (SSSR count). The Bertz CT molecular complexity index is 477. The van der Waals surface area contributed by atoms with Gasteiger partial charge in [-0.3, -0.25) is 4.79 Å². The fourth-order valence-corrected chi connectivity index (χ4v) is 4.14. The number of thiophene rings is 1. The maximum absolute atomic E-state index is 12.7. The highest BCUT2D eigenvalue weighted by Gasteiger charge is 2.32. The number of nitrogens with zero attached hydrogens (tertiary/aromatic N) is 1. The Labute approximate surface area is 119 Å². The molecule has 1 heterocycles. The zero-order valence-corrected chi connectivity index (χ0v) is 13.1. The Balaban J connectivity index is 2.47. The molecule has 1 aliphatic carbocycles. The average Bonchev–Trinajstić information content (AvgIpc) is 2.72. The van der Waals surface area contributed by atoms with Crippen LogP contribution >= 0.6 is 11.3 Å². The number of anilines is 1. The lowest BCUT2D eigenvalue weighted by molar-refractivity contribution is 0.0772. The molecule has 0 saturated carbocycles. The molecule has 0 bridgehead atoms. The van der Waals surface area contributed by atoms with Crippen molar-refractivity contribution in [3.63, 3.8) is 0 Å². The molecule has 1 aromatic rings. The topological polar surface area (TPSA) is 46.3 Å². The van der Waals surface area contributed by atoms with E-state index in [2.05, 4.69) is 13.8 Å². The van der Waals surface area contributed by atoms with Crippen molar-refractivity contribution in [2.75, 3.05) is 18.8 Å². The minimum Gasteiger partial charge on any atom is -0.390 e. The van der Waals surface area contributed by atoms with Gasteiger partial charge in [-0.2, -0.15) is 0 Å². The van der Waals surface area contributed by atoms with E-state index in [4.69, 9.17) is 5.73 Å². The first-order valence-corrected chi connectivity index (χ1v) is 8.03. The van der Waals surface area contributed by atoms with Gasteiger partial charge in [-0.15, -0.1) is 11.3 Å². The molecule has 1 amide bonds. The van der Waals surface area contributed by atoms with Crippen LogP contribution < -0.4 is 5.73 Å². The largest absolute Gasteiger partial charge is 0.390 e. The number of fused-ring (bicyclic) bond motifs is 1. The molecule has 0 radical (unpaired) electrons. The zero-order valence-electron chi connectivity index (χ0n) is 12.3. The smallest absolute Gasteiger partial charge is 0.257 e. The Hall–Kier alpha value is -1.03. The summed E-state index contributed by atoms with van der Waals surface area (Å²) in [6.45, 7) is 10.0. The first-order valence-electron chi connectivity index (χ1n) is 7.21. The molecule has 1 aliphatic rings. The summed E-state index contributed by atoms with van der Waals surface area (Å²) in [5.74, 6) is 1.18. The monoisotopic (exact) mass is 280 g/mol. The van der Waals surface area contributed by atoms with Gasteiger partial charge in [0.2, 0.25) is 0 Å². The van der Waals surface area contributed by atoms with E-state index >= 15 is 0 Å². The summed E-state index contributed by atoms with van der Waals surface area (Å²) in [4.78, 5) is 15.9. The van der Waals surface area contributed by atoms with Gasteiger partial charge in [0.05, 0.1) is 10.6 Å². The van der Waals surface area contributed by atoms with Crippen molar-refractivity contribution in [3.8, 4) is 0 Å². The third kappa shape index (κ3) is 2.38. The normalized spacial score (nSPS) is 22.1. The highest BCUT2D eigenvalue weighted by atomic mass is 32.1. The van der Waals surface area contributed by atoms with Gasteiger partial charge >= 0.3 is 0 Å². The average molecular weight is 280 g/mol. The number of hydrogen-bond acceptors (Lipinski definition) is 3. The molecule has 4 heteroatoms. The van der Waals surface area contributed by atoms with E-state index in [0.29, 0.717) is 16.8 Å². The molecule has 2 atom stereocenters. The summed E-state index contributed by atoms with van der Waals surface area (Å²) in [5, 5.41) is 0.711. The molecule has 0 aliphatic heterocycles. The van der Waals surface area contributed by atoms with Gasteiger partial charge in [0.15, 0.2) is 0 Å². The molecule has 0 fully saturated rings. The lowest BCUT2D eigenvalue weighted by Gasteiger charge is -2.28. The van der Waals surface area contributed by atoms with Crippen molar-refractivity contribution in [3.05, 3.63) is 16.0 Å². The lowest BCUT2D eigenvalue weighted by Crippen LogP contribution is -2.32. The molecule has 2 unspecified atom stereocenters. The lowest BCUT2D eigenvalue weighted by atomic mass is 9.78. The van der Waals surface area contributed by atoms with E-state index in [0.717, 1.165) is 25.1 Å². The number of nitrogen functional groups attached to an aromatic ring is 1. The van der Waals surface area contributed by atoms with Gasteiger partial charge in [-0.25, -0.2) is 0 Å². The summed E-state index contributed by atoms with van der Waals surface area (Å²) in [7, 11) is 0. The van der Waals surface area contributed by atoms with Gasteiger partial charge in [-0.1, -0.05) is 13.8 Å². The van der Waals surface area contributed by atoms with Gasteiger partial charge in [0.25, 0.3) is 5.91 Å². The minimum atomic E-state index is 0.112. The highest BCUT2D eigenvalue weighted by Crippen LogP contribution is 2.44. The number of carbonyl (C=O) groups excluding carboxylic acids is 1. The molecular formula is C15H24N2OS. The Morgan fingerprint density at radius 3 is 2.58 bits per heavy atom. The maximum atomic E-state index is 12.7. The molecule has 19 heavy (non-hydrogen) atoms. The third-order valence-electron chi connectivity index (χ3n) is 4.45. The van der Waals surface area contributed by atoms with Crippen molar-refractivity contribution in [2.24, 2.45) is 5.92 Å². The molecular weight excluding hydrogens is 256 g/mol. The van der Waals surface area contributed by atoms with E-state index in [-0.39, 0.29) is 5.91 Å². The molecule has 3 nitrogen and oxygen atoms in total. The first kappa shape index (κ1) is 14.4. The number of rotatable bonds is 3. The van der Waals surface area contributed by atoms with Crippen LogP contribution in [-0.4, -0.2) is 23.9 Å². The number of aryl methyl sites for hydroxylation is 1. The molecule has 0 spiro atoms. The molecule has 1 aromatic heterocycles. The Morgan fingerprint density at radius 1 is 1.37 bits per heavy atom. The van der Waals surface area contributed by atoms with E-state index in [1.54, 1.807) is 11.3 Å². The van der Waals surface area contributed by atoms with Crippen LogP contribution in [0.2, 0.25) is 0 Å². The predicted molar refractivity (Wildman–Crippen MR) is 81.9 cm³/mol. The van der Waals surface area contributed by atoms with Crippen LogP contribution in [0.1, 0.15) is 60.8 Å². The van der Waals surface area contributed by atoms with E-state index in [9.17, 15) is 4.79 Å². The summed E-state index contributed by atoms with van der Waals surface area (Å²) in [5.41, 5.74) is 8.18. The highest BCUT2D eigenvalue weighted by molar-refractivity contribution is 7.16. The fraction of sp³-hybridized carbons (Fsp3) is 0.667. The van der Waals surface area contributed by atoms with Gasteiger partial charge in [-0.05, 0) is 44.1 Å². The van der Waals surface area contributed by atoms with Crippen LogP contribution in [0, 0.1) is 5.92 Å². The summed E-state index contributed by atoms with van der Waals surface area (Å²) in [6, 6.07) is 0. The van der Waals surface area contributed by atoms with Crippen LogP contribution in [0.5, 0.6) is 0 Å². The van der Waals surface area contributed by atoms with Gasteiger partial charge in [0, 0.05) is 18.0 Å². The SMILES string of the molecule is CCN(CC)C(=O)c1c(N)sc2c1C(C)C(C)CC2. The zero-order chi connectivity index (χ0) is 14.2. The van der Waals surface area contributed by atoms with Crippen molar-refractivity contribution < 1.29 is 4.79 Å². The molecule has 0 aromatic carbocycles. The maximum Gasteiger partial charge on any atom is 0.257 e. The third-order valence-corrected chi connectivity index (χ3v) is 5.54. The first-order chi connectivity index (χ1) is 9.01. The van der Waals surface area contributed by atoms with Crippen LogP contribution in [0.15, 0.2) is 0 Å². The second kappa shape index (κ2) is 5.53. The van der Waals surface area contributed by atoms with Gasteiger partial charge in [0.1, 0.15) is 0 Å². The van der Waals surface area contributed by atoms with Crippen molar-refractivity contribution in [1.82, 2.24) is 4.90 Å². The summed E-state index contributed by atoms with van der Waals surface area (Å²) in [6.07, 6.45) is 2.27. The predicted octanol–water partition coefficient (Wildman–Crippen LogP) is 3.50. The quantitative estimate of drug-likeness (QED) is 0.921. The molecule has 106 valence electrons. The summed E-state index contributed by atoms with van der Waals surface area (Å²) < 4.78 is 0. The molecule has 2 N–H and O–H groups in total. The van der Waals surface area contributed by atoms with Gasteiger partial charge < -0.3 is 10.6 Å². The minimum absolute atomic E-state index is 0.112. The second-order valence-electron chi connectivity index (χ2n) is 5.46. The van der Waals surface area contributed by atoms with Crippen molar-refractivity contribution in [1.29, 1.82) is 0 Å².